The number of likely N-dealkylation sites (N-methyl/N-ethyl adjacent to an activating group) is 1. The monoisotopic (exact) mass is 333 g/mol. The second-order valence-corrected chi connectivity index (χ2v) is 5.78. The van der Waals surface area contributed by atoms with Crippen molar-refractivity contribution >= 4 is 17.8 Å². The molecule has 0 unspecified atom stereocenters. The molecule has 0 saturated carbocycles. The maximum atomic E-state index is 12.4. The number of rotatable bonds is 7. The molecule has 7 heteroatoms. The van der Waals surface area contributed by atoms with Crippen LogP contribution >= 0.6 is 0 Å². The van der Waals surface area contributed by atoms with Crippen LogP contribution in [0, 0.1) is 0 Å². The van der Waals surface area contributed by atoms with Gasteiger partial charge in [0, 0.05) is 19.2 Å². The zero-order valence-corrected chi connectivity index (χ0v) is 14.2. The molecule has 2 rings (SSSR count). The highest BCUT2D eigenvalue weighted by atomic mass is 16.5. The number of nitrogens with one attached hydrogen (secondary N) is 1. The van der Waals surface area contributed by atoms with E-state index in [1.54, 1.807) is 14.2 Å². The predicted molar refractivity (Wildman–Crippen MR) is 88.4 cm³/mol. The fraction of sp³-hybridized carbons (Fsp3) is 0.471. The minimum atomic E-state index is -0.519. The van der Waals surface area contributed by atoms with Gasteiger partial charge in [0.1, 0.15) is 18.3 Å². The number of urea groups is 1. The molecular formula is C17H23N3O4. The Morgan fingerprint density at radius 1 is 1.33 bits per heavy atom. The third kappa shape index (κ3) is 3.84. The molecule has 1 aliphatic rings. The predicted octanol–water partition coefficient (Wildman–Crippen LogP) is 1.37. The Morgan fingerprint density at radius 3 is 2.71 bits per heavy atom. The van der Waals surface area contributed by atoms with Gasteiger partial charge in [-0.25, -0.2) is 4.79 Å². The summed E-state index contributed by atoms with van der Waals surface area (Å²) in [6, 6.07) is 6.38. The van der Waals surface area contributed by atoms with Crippen LogP contribution in [-0.4, -0.2) is 54.4 Å². The number of imide groups is 1. The molecule has 1 aromatic carbocycles. The van der Waals surface area contributed by atoms with E-state index >= 15 is 0 Å². The van der Waals surface area contributed by atoms with Crippen molar-refractivity contribution in [2.75, 3.05) is 20.7 Å². The number of hydrogen-bond donors (Lipinski definition) is 1. The van der Waals surface area contributed by atoms with Crippen molar-refractivity contribution in [3.8, 4) is 5.75 Å². The minimum Gasteiger partial charge on any atom is -0.496 e. The van der Waals surface area contributed by atoms with E-state index in [1.165, 1.54) is 4.90 Å². The van der Waals surface area contributed by atoms with Crippen molar-refractivity contribution in [3.63, 3.8) is 0 Å². The van der Waals surface area contributed by atoms with Crippen LogP contribution in [-0.2, 0) is 16.1 Å². The lowest BCUT2D eigenvalue weighted by Gasteiger charge is -2.21. The fourth-order valence-electron chi connectivity index (χ4n) is 2.64. The molecule has 0 radical (unpaired) electrons. The highest BCUT2D eigenvalue weighted by Gasteiger charge is 2.38. The molecule has 0 bridgehead atoms. The van der Waals surface area contributed by atoms with Gasteiger partial charge in [0.15, 0.2) is 0 Å². The molecule has 7 nitrogen and oxygen atoms in total. The van der Waals surface area contributed by atoms with Crippen LogP contribution in [0.3, 0.4) is 0 Å². The summed E-state index contributed by atoms with van der Waals surface area (Å²) in [4.78, 5) is 38.9. The van der Waals surface area contributed by atoms with E-state index in [0.29, 0.717) is 18.7 Å². The number of methoxy groups -OCH3 is 1. The van der Waals surface area contributed by atoms with Gasteiger partial charge in [0.05, 0.1) is 7.11 Å². The minimum absolute atomic E-state index is 0.253. The lowest BCUT2D eigenvalue weighted by Crippen LogP contribution is -2.41. The average molecular weight is 333 g/mol. The number of benzene rings is 1. The summed E-state index contributed by atoms with van der Waals surface area (Å²) >= 11 is 0. The van der Waals surface area contributed by atoms with Gasteiger partial charge < -0.3 is 15.0 Å². The van der Waals surface area contributed by atoms with Gasteiger partial charge in [0.25, 0.3) is 5.91 Å². The first kappa shape index (κ1) is 17.8. The number of nitrogens with zero attached hydrogens (tertiary/aromatic N) is 2. The van der Waals surface area contributed by atoms with Crippen LogP contribution in [0.5, 0.6) is 5.75 Å². The Bertz CT molecular complexity index is 632. The molecule has 0 aliphatic carbocycles. The molecular weight excluding hydrogens is 310 g/mol. The summed E-state index contributed by atoms with van der Waals surface area (Å²) in [6.07, 6.45) is 1.36. The Morgan fingerprint density at radius 2 is 2.04 bits per heavy atom. The second-order valence-electron chi connectivity index (χ2n) is 5.78. The summed E-state index contributed by atoms with van der Waals surface area (Å²) in [7, 11) is 3.21. The molecule has 1 aliphatic heterocycles. The number of carbonyl (C=O) groups is 3. The molecule has 130 valence electrons. The van der Waals surface area contributed by atoms with E-state index in [0.717, 1.165) is 16.9 Å². The van der Waals surface area contributed by atoms with Gasteiger partial charge in [-0.2, -0.15) is 0 Å². The van der Waals surface area contributed by atoms with Crippen molar-refractivity contribution in [1.82, 2.24) is 15.1 Å². The highest BCUT2D eigenvalue weighted by molar-refractivity contribution is 6.06. The van der Waals surface area contributed by atoms with Crippen LogP contribution < -0.4 is 10.1 Å². The van der Waals surface area contributed by atoms with Gasteiger partial charge in [-0.05, 0) is 12.5 Å². The summed E-state index contributed by atoms with van der Waals surface area (Å²) in [5.74, 6) is 0.0533. The Kier molecular flexibility index (Phi) is 5.78. The smallest absolute Gasteiger partial charge is 0.325 e. The number of ether oxygens (including phenoxy) is 1. The van der Waals surface area contributed by atoms with E-state index in [1.807, 2.05) is 31.2 Å². The molecule has 1 atom stereocenters. The van der Waals surface area contributed by atoms with Gasteiger partial charge in [-0.15, -0.1) is 0 Å². The lowest BCUT2D eigenvalue weighted by atomic mass is 10.1. The summed E-state index contributed by atoms with van der Waals surface area (Å²) < 4.78 is 5.27. The van der Waals surface area contributed by atoms with E-state index in [9.17, 15) is 14.4 Å². The Labute approximate surface area is 141 Å². The number of hydrogen-bond acceptors (Lipinski definition) is 4. The third-order valence-corrected chi connectivity index (χ3v) is 4.00. The van der Waals surface area contributed by atoms with E-state index in [4.69, 9.17) is 4.74 Å². The van der Waals surface area contributed by atoms with Crippen LogP contribution in [0.1, 0.15) is 25.3 Å². The topological polar surface area (TPSA) is 79.0 Å². The lowest BCUT2D eigenvalue weighted by molar-refractivity contribution is -0.136. The van der Waals surface area contributed by atoms with Crippen molar-refractivity contribution in [2.24, 2.45) is 0 Å². The average Bonchev–Trinajstić information content (AvgIpc) is 2.83. The molecule has 1 aromatic rings. The number of amides is 4. The van der Waals surface area contributed by atoms with Crippen molar-refractivity contribution in [2.45, 2.75) is 32.4 Å². The summed E-state index contributed by atoms with van der Waals surface area (Å²) in [5.41, 5.74) is 0.858. The largest absolute Gasteiger partial charge is 0.496 e. The molecule has 1 N–H and O–H groups in total. The fourth-order valence-corrected chi connectivity index (χ4v) is 2.64. The SMILES string of the molecule is CCC[C@H]1NC(=O)N(CC(=O)N(C)Cc2ccccc2OC)C1=O. The molecule has 0 aromatic heterocycles. The second kappa shape index (κ2) is 7.81. The number of para-hydroxylation sites is 1. The Hall–Kier alpha value is -2.57. The maximum absolute atomic E-state index is 12.4. The maximum Gasteiger partial charge on any atom is 0.325 e. The van der Waals surface area contributed by atoms with Gasteiger partial charge in [0.2, 0.25) is 5.91 Å². The van der Waals surface area contributed by atoms with E-state index in [2.05, 4.69) is 5.32 Å². The molecule has 1 fully saturated rings. The van der Waals surface area contributed by atoms with E-state index < -0.39 is 12.1 Å². The summed E-state index contributed by atoms with van der Waals surface area (Å²) in [5, 5.41) is 2.61. The molecule has 4 amide bonds. The molecule has 1 heterocycles. The van der Waals surface area contributed by atoms with Gasteiger partial charge in [-0.3, -0.25) is 14.5 Å². The zero-order chi connectivity index (χ0) is 17.7. The standard InChI is InChI=1S/C17H23N3O4/c1-4-7-13-16(22)20(17(23)18-13)11-15(21)19(2)10-12-8-5-6-9-14(12)24-3/h5-6,8-9,13H,4,7,10-11H2,1-3H3,(H,18,23)/t13-/m1/s1. The summed E-state index contributed by atoms with van der Waals surface area (Å²) in [6.45, 7) is 2.02. The Balaban J connectivity index is 1.99. The third-order valence-electron chi connectivity index (χ3n) is 4.00. The first-order chi connectivity index (χ1) is 11.5. The van der Waals surface area contributed by atoms with Crippen LogP contribution in [0.2, 0.25) is 0 Å². The van der Waals surface area contributed by atoms with Crippen molar-refractivity contribution < 1.29 is 19.1 Å². The van der Waals surface area contributed by atoms with Crippen molar-refractivity contribution in [1.29, 1.82) is 0 Å². The normalized spacial score (nSPS) is 17.0. The zero-order valence-electron chi connectivity index (χ0n) is 14.2. The first-order valence-electron chi connectivity index (χ1n) is 7.95. The highest BCUT2D eigenvalue weighted by Crippen LogP contribution is 2.19. The molecule has 0 spiro atoms. The first-order valence-corrected chi connectivity index (χ1v) is 7.95. The quantitative estimate of drug-likeness (QED) is 0.765. The number of carbonyl (C=O) groups excluding carboxylic acids is 3. The van der Waals surface area contributed by atoms with Crippen molar-refractivity contribution in [3.05, 3.63) is 29.8 Å². The van der Waals surface area contributed by atoms with Crippen LogP contribution in [0.15, 0.2) is 24.3 Å². The van der Waals surface area contributed by atoms with Crippen LogP contribution in [0.25, 0.3) is 0 Å². The van der Waals surface area contributed by atoms with Gasteiger partial charge in [-0.1, -0.05) is 31.5 Å². The molecule has 1 saturated heterocycles. The molecule has 24 heavy (non-hydrogen) atoms. The van der Waals surface area contributed by atoms with E-state index in [-0.39, 0.29) is 18.4 Å². The van der Waals surface area contributed by atoms with Crippen LogP contribution in [0.4, 0.5) is 4.79 Å². The van der Waals surface area contributed by atoms with Gasteiger partial charge >= 0.3 is 6.03 Å².